The number of carbonyl (C=O) groups excluding carboxylic acids is 2. The Morgan fingerprint density at radius 3 is 2.40 bits per heavy atom. The van der Waals surface area contributed by atoms with E-state index in [1.54, 1.807) is 42.2 Å². The van der Waals surface area contributed by atoms with Crippen LogP contribution in [0.25, 0.3) is 0 Å². The van der Waals surface area contributed by atoms with Gasteiger partial charge in [-0.1, -0.05) is 23.2 Å². The fourth-order valence-corrected chi connectivity index (χ4v) is 6.97. The first-order valence-electron chi connectivity index (χ1n) is 15.1. The molecule has 3 aliphatic rings. The molecule has 2 heterocycles. The lowest BCUT2D eigenvalue weighted by atomic mass is 9.79. The van der Waals surface area contributed by atoms with Gasteiger partial charge in [-0.05, 0) is 99.4 Å². The quantitative estimate of drug-likeness (QED) is 0.343. The summed E-state index contributed by atoms with van der Waals surface area (Å²) in [6, 6.07) is 7.79. The van der Waals surface area contributed by atoms with Crippen molar-refractivity contribution in [3.63, 3.8) is 0 Å². The van der Waals surface area contributed by atoms with E-state index in [0.717, 1.165) is 17.7 Å². The van der Waals surface area contributed by atoms with Crippen LogP contribution in [0.15, 0.2) is 41.4 Å². The molecule has 0 aromatic heterocycles. The first kappa shape index (κ1) is 33.3. The molecule has 2 atom stereocenters. The molecule has 1 aliphatic carbocycles. The standard InChI is InChI=1S/C31H37Cl2F3N6O3/c1-4-45-28(43)13-19-5-7-21(8-6-19)29(44)42-18(2)26(15-22-14-23(31(34,35)36)9-10-27(22)42)37-30-38-39-40(3)41(30)17-20-11-24(32)16-25(33)12-20/h9-12,14,16,18-19,21,26,39H,4-8,13,15,17H2,1-3H3,(H,37,38). The summed E-state index contributed by atoms with van der Waals surface area (Å²) in [5, 5.41) is 4.48. The van der Waals surface area contributed by atoms with Gasteiger partial charge in [-0.15, -0.1) is 10.7 Å². The van der Waals surface area contributed by atoms with Crippen LogP contribution in [0.4, 0.5) is 18.9 Å². The van der Waals surface area contributed by atoms with Crippen molar-refractivity contribution in [1.82, 2.24) is 21.1 Å². The largest absolute Gasteiger partial charge is 0.466 e. The first-order valence-corrected chi connectivity index (χ1v) is 15.8. The van der Waals surface area contributed by atoms with Gasteiger partial charge in [-0.3, -0.25) is 20.0 Å². The number of rotatable bonds is 7. The Labute approximate surface area is 270 Å². The van der Waals surface area contributed by atoms with Gasteiger partial charge in [-0.2, -0.15) is 13.2 Å². The van der Waals surface area contributed by atoms with E-state index in [1.165, 1.54) is 6.07 Å². The van der Waals surface area contributed by atoms with Crippen molar-refractivity contribution in [1.29, 1.82) is 0 Å². The third kappa shape index (κ3) is 7.67. The maximum atomic E-state index is 14.1. The van der Waals surface area contributed by atoms with Crippen molar-refractivity contribution >= 4 is 46.7 Å². The molecule has 244 valence electrons. The van der Waals surface area contributed by atoms with Gasteiger partial charge < -0.3 is 9.64 Å². The van der Waals surface area contributed by atoms with Crippen LogP contribution >= 0.6 is 23.2 Å². The van der Waals surface area contributed by atoms with Gasteiger partial charge in [0.2, 0.25) is 11.9 Å². The van der Waals surface area contributed by atoms with E-state index in [2.05, 4.69) is 11.0 Å². The van der Waals surface area contributed by atoms with Gasteiger partial charge >= 0.3 is 12.1 Å². The summed E-state index contributed by atoms with van der Waals surface area (Å²) in [6.07, 6.45) is -1.41. The molecule has 0 bridgehead atoms. The Bertz CT molecular complexity index is 1430. The highest BCUT2D eigenvalue weighted by Crippen LogP contribution is 2.40. The number of esters is 1. The van der Waals surface area contributed by atoms with Gasteiger partial charge in [0.15, 0.2) is 0 Å². The van der Waals surface area contributed by atoms with Crippen LogP contribution in [0.2, 0.25) is 10.0 Å². The lowest BCUT2D eigenvalue weighted by Gasteiger charge is -2.42. The van der Waals surface area contributed by atoms with Crippen LogP contribution < -0.4 is 15.9 Å². The number of ether oxygens (including phenoxy) is 1. The summed E-state index contributed by atoms with van der Waals surface area (Å²) < 4.78 is 46.3. The summed E-state index contributed by atoms with van der Waals surface area (Å²) in [5.74, 6) is -0.0999. The van der Waals surface area contributed by atoms with Gasteiger partial charge in [0.25, 0.3) is 0 Å². The Morgan fingerprint density at radius 2 is 1.76 bits per heavy atom. The molecule has 1 saturated heterocycles. The topological polar surface area (TPSA) is 89.5 Å². The lowest BCUT2D eigenvalue weighted by Crippen LogP contribution is -2.52. The minimum atomic E-state index is -4.53. The highest BCUT2D eigenvalue weighted by Gasteiger charge is 2.41. The molecule has 1 amide bonds. The molecule has 0 radical (unpaired) electrons. The molecule has 2 aromatic rings. The molecule has 2 N–H and O–H groups in total. The average Bonchev–Trinajstić information content (AvgIpc) is 3.30. The molecular formula is C31H37Cl2F3N6O3. The predicted octanol–water partition coefficient (Wildman–Crippen LogP) is 6.15. The molecule has 1 saturated carbocycles. The molecule has 2 aromatic carbocycles. The summed E-state index contributed by atoms with van der Waals surface area (Å²) >= 11 is 12.4. The SMILES string of the molecule is CCOC(=O)CC1CCC(C(=O)N2c3ccc(C(F)(F)F)cc3CC(N=C3NNN(C)N3Cc3cc(Cl)cc(Cl)c3)C2C)CC1. The van der Waals surface area contributed by atoms with Crippen molar-refractivity contribution in [2.24, 2.45) is 16.8 Å². The number of amides is 1. The van der Waals surface area contributed by atoms with E-state index >= 15 is 0 Å². The normalized spacial score (nSPS) is 24.8. The van der Waals surface area contributed by atoms with Gasteiger partial charge in [-0.25, -0.2) is 4.99 Å². The second-order valence-electron chi connectivity index (χ2n) is 11.8. The lowest BCUT2D eigenvalue weighted by molar-refractivity contribution is -0.144. The number of nitrogens with zero attached hydrogens (tertiary/aromatic N) is 4. The van der Waals surface area contributed by atoms with Crippen LogP contribution in [-0.4, -0.2) is 53.7 Å². The number of aliphatic imine (C=N–C) groups is 1. The maximum absolute atomic E-state index is 14.1. The minimum Gasteiger partial charge on any atom is -0.466 e. The number of guanidine groups is 1. The van der Waals surface area contributed by atoms with Gasteiger partial charge in [0, 0.05) is 35.1 Å². The third-order valence-corrected chi connectivity index (χ3v) is 9.17. The number of hydrogen-bond acceptors (Lipinski definition) is 6. The highest BCUT2D eigenvalue weighted by molar-refractivity contribution is 6.34. The summed E-state index contributed by atoms with van der Waals surface area (Å²) in [7, 11) is 1.78. The van der Waals surface area contributed by atoms with Gasteiger partial charge in [0.1, 0.15) is 0 Å². The van der Waals surface area contributed by atoms with E-state index in [0.29, 0.717) is 72.5 Å². The zero-order valence-corrected chi connectivity index (χ0v) is 26.8. The van der Waals surface area contributed by atoms with Crippen LogP contribution in [0, 0.1) is 11.8 Å². The minimum absolute atomic E-state index is 0.136. The zero-order chi connectivity index (χ0) is 32.5. The number of hydrogen-bond donors (Lipinski definition) is 2. The van der Waals surface area contributed by atoms with Crippen molar-refractivity contribution in [2.75, 3.05) is 18.6 Å². The highest BCUT2D eigenvalue weighted by atomic mass is 35.5. The monoisotopic (exact) mass is 668 g/mol. The molecular weight excluding hydrogens is 632 g/mol. The summed E-state index contributed by atoms with van der Waals surface area (Å²) in [5.41, 5.74) is 6.96. The molecule has 0 spiro atoms. The van der Waals surface area contributed by atoms with Crippen LogP contribution in [0.3, 0.4) is 0 Å². The average molecular weight is 670 g/mol. The summed E-state index contributed by atoms with van der Waals surface area (Å²) in [4.78, 5) is 32.7. The maximum Gasteiger partial charge on any atom is 0.416 e. The van der Waals surface area contributed by atoms with E-state index in [-0.39, 0.29) is 30.1 Å². The fourth-order valence-electron chi connectivity index (χ4n) is 6.40. The predicted molar refractivity (Wildman–Crippen MR) is 166 cm³/mol. The Kier molecular flexibility index (Phi) is 10.2. The number of fused-ring (bicyclic) bond motifs is 1. The number of nitrogens with one attached hydrogen (secondary N) is 2. The molecule has 2 aliphatic heterocycles. The Morgan fingerprint density at radius 1 is 1.07 bits per heavy atom. The van der Waals surface area contributed by atoms with Crippen molar-refractivity contribution in [3.05, 3.63) is 63.1 Å². The smallest absolute Gasteiger partial charge is 0.416 e. The number of anilines is 1. The van der Waals surface area contributed by atoms with Gasteiger partial charge in [0.05, 0.1) is 30.8 Å². The molecule has 45 heavy (non-hydrogen) atoms. The summed E-state index contributed by atoms with van der Waals surface area (Å²) in [6.45, 7) is 4.33. The number of halogens is 5. The first-order chi connectivity index (χ1) is 21.3. The fraction of sp³-hybridized carbons (Fsp3) is 0.516. The molecule has 9 nitrogen and oxygen atoms in total. The van der Waals surface area contributed by atoms with E-state index < -0.39 is 23.8 Å². The molecule has 2 unspecified atom stereocenters. The number of carbonyl (C=O) groups is 2. The van der Waals surface area contributed by atoms with Crippen molar-refractivity contribution < 1.29 is 27.5 Å². The Balaban J connectivity index is 1.42. The van der Waals surface area contributed by atoms with E-state index in [4.69, 9.17) is 32.9 Å². The van der Waals surface area contributed by atoms with Crippen LogP contribution in [-0.2, 0) is 33.5 Å². The van der Waals surface area contributed by atoms with Crippen LogP contribution in [0.5, 0.6) is 0 Å². The van der Waals surface area contributed by atoms with E-state index in [9.17, 15) is 22.8 Å². The second kappa shape index (κ2) is 13.7. The molecule has 2 fully saturated rings. The van der Waals surface area contributed by atoms with E-state index in [1.807, 2.05) is 11.9 Å². The second-order valence-corrected chi connectivity index (χ2v) is 12.7. The molecule has 14 heteroatoms. The van der Waals surface area contributed by atoms with Crippen molar-refractivity contribution in [2.45, 2.75) is 77.2 Å². The number of benzene rings is 2. The molecule has 5 rings (SSSR count). The Hall–Kier alpha value is -3.06. The zero-order valence-electron chi connectivity index (χ0n) is 25.3. The van der Waals surface area contributed by atoms with Crippen LogP contribution in [0.1, 0.15) is 62.6 Å². The third-order valence-electron chi connectivity index (χ3n) is 8.73. The van der Waals surface area contributed by atoms with Crippen molar-refractivity contribution in [3.8, 4) is 0 Å². The number of alkyl halides is 3. The number of hydrazine groups is 3.